The van der Waals surface area contributed by atoms with Crippen molar-refractivity contribution in [1.82, 2.24) is 35.5 Å². The Labute approximate surface area is 221 Å². The highest BCUT2D eigenvalue weighted by Crippen LogP contribution is 2.29. The van der Waals surface area contributed by atoms with Gasteiger partial charge in [0, 0.05) is 28.6 Å². The summed E-state index contributed by atoms with van der Waals surface area (Å²) in [5, 5.41) is 17.4. The number of carbonyl (C=O) groups excluding carboxylic acids is 2. The lowest BCUT2D eigenvalue weighted by Gasteiger charge is -2.14. The number of aromatic amines is 1. The highest BCUT2D eigenvalue weighted by Gasteiger charge is 2.19. The van der Waals surface area contributed by atoms with Crippen molar-refractivity contribution in [2.24, 2.45) is 0 Å². The smallest absolute Gasteiger partial charge is 0.244 e. The Hall–Kier alpha value is -4.64. The first-order valence-electron chi connectivity index (χ1n) is 11.8. The number of benzene rings is 2. The molecule has 0 saturated heterocycles. The van der Waals surface area contributed by atoms with Crippen molar-refractivity contribution in [2.75, 3.05) is 5.32 Å². The minimum Gasteiger partial charge on any atom is -0.342 e. The average Bonchev–Trinajstić information content (AvgIpc) is 3.59. The number of amides is 2. The van der Waals surface area contributed by atoms with E-state index in [1.165, 1.54) is 29.2 Å². The Bertz CT molecular complexity index is 1530. The van der Waals surface area contributed by atoms with E-state index in [1.807, 2.05) is 12.2 Å². The van der Waals surface area contributed by atoms with E-state index in [-0.39, 0.29) is 18.2 Å². The zero-order valence-corrected chi connectivity index (χ0v) is 20.7. The molecule has 4 aromatic rings. The molecule has 10 nitrogen and oxygen atoms in total. The third kappa shape index (κ3) is 5.84. The SMILES string of the molecule is O=C(C=Cc1cc(Cl)ccc1-n1cnnn1)N[C@H]1CC=CCCC(=O)Nc2cc(F)ccc2-c2cnc1[nH]2. The van der Waals surface area contributed by atoms with E-state index in [2.05, 4.69) is 36.1 Å². The quantitative estimate of drug-likeness (QED) is 0.264. The topological polar surface area (TPSA) is 130 Å². The van der Waals surface area contributed by atoms with Gasteiger partial charge in [-0.2, -0.15) is 4.68 Å². The van der Waals surface area contributed by atoms with Gasteiger partial charge >= 0.3 is 0 Å². The van der Waals surface area contributed by atoms with Crippen LogP contribution < -0.4 is 10.6 Å². The third-order valence-electron chi connectivity index (χ3n) is 5.86. The highest BCUT2D eigenvalue weighted by molar-refractivity contribution is 6.30. The minimum absolute atomic E-state index is 0.225. The van der Waals surface area contributed by atoms with Crippen molar-refractivity contribution in [2.45, 2.75) is 25.3 Å². The molecule has 0 spiro atoms. The second kappa shape index (κ2) is 11.2. The van der Waals surface area contributed by atoms with Gasteiger partial charge in [0.1, 0.15) is 18.0 Å². The Kier molecular flexibility index (Phi) is 7.36. The maximum Gasteiger partial charge on any atom is 0.244 e. The summed E-state index contributed by atoms with van der Waals surface area (Å²) in [5.74, 6) is -0.526. The Morgan fingerprint density at radius 1 is 1.21 bits per heavy atom. The standard InChI is InChI=1S/C26H22ClFN8O2/c27-17-7-10-23(36-15-30-34-35-36)16(12-17)6-11-25(38)31-20-4-2-1-3-5-24(37)32-21-13-18(28)8-9-19(21)22-14-29-26(20)33-22/h1-2,6-15,20H,3-5H2,(H,29,33)(H,31,38)(H,32,37)/t20-/m0/s1. The summed E-state index contributed by atoms with van der Waals surface area (Å²) in [6.07, 6.45) is 11.0. The molecular formula is C26H22ClFN8O2. The summed E-state index contributed by atoms with van der Waals surface area (Å²) in [6.45, 7) is 0. The number of anilines is 1. The van der Waals surface area contributed by atoms with Crippen LogP contribution in [0.15, 0.2) is 67.2 Å². The van der Waals surface area contributed by atoms with Crippen molar-refractivity contribution in [3.05, 3.63) is 89.4 Å². The van der Waals surface area contributed by atoms with Gasteiger partial charge < -0.3 is 15.6 Å². The maximum absolute atomic E-state index is 13.9. The molecule has 0 unspecified atom stereocenters. The largest absolute Gasteiger partial charge is 0.342 e. The summed E-state index contributed by atoms with van der Waals surface area (Å²) < 4.78 is 15.4. The number of hydrogen-bond donors (Lipinski definition) is 3. The van der Waals surface area contributed by atoms with Gasteiger partial charge in [-0.25, -0.2) is 9.37 Å². The lowest BCUT2D eigenvalue weighted by molar-refractivity contribution is -0.117. The summed E-state index contributed by atoms with van der Waals surface area (Å²) in [7, 11) is 0. The zero-order valence-electron chi connectivity index (χ0n) is 19.9. The monoisotopic (exact) mass is 532 g/mol. The second-order valence-electron chi connectivity index (χ2n) is 8.52. The Morgan fingerprint density at radius 2 is 2.11 bits per heavy atom. The molecule has 0 saturated carbocycles. The molecule has 0 radical (unpaired) electrons. The van der Waals surface area contributed by atoms with Crippen LogP contribution in [0.3, 0.4) is 0 Å². The van der Waals surface area contributed by atoms with Crippen molar-refractivity contribution in [3.63, 3.8) is 0 Å². The molecule has 3 N–H and O–H groups in total. The number of hydrogen-bond acceptors (Lipinski definition) is 6. The van der Waals surface area contributed by atoms with Crippen LogP contribution in [0.5, 0.6) is 0 Å². The van der Waals surface area contributed by atoms with Gasteiger partial charge in [0.2, 0.25) is 11.8 Å². The van der Waals surface area contributed by atoms with Gasteiger partial charge in [0.25, 0.3) is 0 Å². The molecule has 0 aliphatic carbocycles. The average molecular weight is 533 g/mol. The number of nitrogens with zero attached hydrogens (tertiary/aromatic N) is 5. The van der Waals surface area contributed by atoms with E-state index in [0.29, 0.717) is 51.9 Å². The van der Waals surface area contributed by atoms with Gasteiger partial charge in [-0.05, 0) is 65.7 Å². The molecule has 1 aliphatic heterocycles. The molecule has 192 valence electrons. The molecule has 0 fully saturated rings. The predicted molar refractivity (Wildman–Crippen MR) is 140 cm³/mol. The molecule has 1 atom stereocenters. The minimum atomic E-state index is -0.483. The summed E-state index contributed by atoms with van der Waals surface area (Å²) in [4.78, 5) is 33.0. The number of carbonyl (C=O) groups is 2. The maximum atomic E-state index is 13.9. The van der Waals surface area contributed by atoms with Gasteiger partial charge in [-0.3, -0.25) is 9.59 Å². The predicted octanol–water partition coefficient (Wildman–Crippen LogP) is 4.39. The van der Waals surface area contributed by atoms with Crippen molar-refractivity contribution in [3.8, 4) is 16.9 Å². The van der Waals surface area contributed by atoms with E-state index in [0.717, 1.165) is 0 Å². The second-order valence-corrected chi connectivity index (χ2v) is 8.95. The number of allylic oxidation sites excluding steroid dienone is 1. The summed E-state index contributed by atoms with van der Waals surface area (Å²) in [5.41, 5.74) is 2.82. The number of imidazole rings is 1. The fourth-order valence-corrected chi connectivity index (χ4v) is 4.23. The van der Waals surface area contributed by atoms with Crippen LogP contribution in [0.25, 0.3) is 23.0 Å². The molecule has 2 amide bonds. The fraction of sp³-hybridized carbons (Fsp3) is 0.154. The molecule has 2 aromatic carbocycles. The molecular weight excluding hydrogens is 511 g/mol. The van der Waals surface area contributed by atoms with Gasteiger partial charge in [0.15, 0.2) is 0 Å². The van der Waals surface area contributed by atoms with Gasteiger partial charge in [-0.15, -0.1) is 5.10 Å². The van der Waals surface area contributed by atoms with Crippen LogP contribution in [0.4, 0.5) is 10.1 Å². The molecule has 5 rings (SSSR count). The molecule has 12 heteroatoms. The number of halogens is 2. The molecule has 2 bridgehead atoms. The fourth-order valence-electron chi connectivity index (χ4n) is 4.05. The zero-order chi connectivity index (χ0) is 26.5. The lowest BCUT2D eigenvalue weighted by atomic mass is 10.1. The summed E-state index contributed by atoms with van der Waals surface area (Å²) >= 11 is 6.17. The van der Waals surface area contributed by atoms with Crippen LogP contribution in [0, 0.1) is 5.82 Å². The van der Waals surface area contributed by atoms with Crippen LogP contribution in [0.1, 0.15) is 36.7 Å². The molecule has 38 heavy (non-hydrogen) atoms. The van der Waals surface area contributed by atoms with Gasteiger partial charge in [0.05, 0.1) is 29.3 Å². The first kappa shape index (κ1) is 25.0. The first-order valence-corrected chi connectivity index (χ1v) is 12.2. The van der Waals surface area contributed by atoms with Crippen molar-refractivity contribution in [1.29, 1.82) is 0 Å². The number of nitrogens with one attached hydrogen (secondary N) is 3. The van der Waals surface area contributed by atoms with E-state index in [9.17, 15) is 14.0 Å². The molecule has 1 aliphatic rings. The number of aromatic nitrogens is 6. The molecule has 2 aromatic heterocycles. The first-order chi connectivity index (χ1) is 18.5. The van der Waals surface area contributed by atoms with E-state index >= 15 is 0 Å². The van der Waals surface area contributed by atoms with Crippen molar-refractivity contribution >= 4 is 35.2 Å². The van der Waals surface area contributed by atoms with Crippen LogP contribution in [-0.4, -0.2) is 42.0 Å². The third-order valence-corrected chi connectivity index (χ3v) is 6.10. The van der Waals surface area contributed by atoms with Crippen LogP contribution in [0.2, 0.25) is 5.02 Å². The van der Waals surface area contributed by atoms with Gasteiger partial charge in [-0.1, -0.05) is 23.8 Å². The number of rotatable bonds is 4. The molecule has 3 heterocycles. The van der Waals surface area contributed by atoms with E-state index in [4.69, 9.17) is 11.6 Å². The summed E-state index contributed by atoms with van der Waals surface area (Å²) in [6, 6.07) is 8.84. The lowest BCUT2D eigenvalue weighted by Crippen LogP contribution is -2.27. The number of H-pyrrole nitrogens is 1. The van der Waals surface area contributed by atoms with E-state index in [1.54, 1.807) is 36.5 Å². The Balaban J connectivity index is 1.40. The van der Waals surface area contributed by atoms with Crippen molar-refractivity contribution < 1.29 is 14.0 Å². The van der Waals surface area contributed by atoms with Crippen LogP contribution >= 0.6 is 11.6 Å². The normalized spacial score (nSPS) is 15.7. The van der Waals surface area contributed by atoms with E-state index < -0.39 is 11.9 Å². The number of tetrazole rings is 1. The number of fused-ring (bicyclic) bond motifs is 4. The van der Waals surface area contributed by atoms with Crippen LogP contribution in [-0.2, 0) is 9.59 Å². The highest BCUT2D eigenvalue weighted by atomic mass is 35.5. The Morgan fingerprint density at radius 3 is 2.95 bits per heavy atom.